The van der Waals surface area contributed by atoms with Crippen LogP contribution in [0.5, 0.6) is 0 Å². The van der Waals surface area contributed by atoms with Crippen molar-refractivity contribution in [3.63, 3.8) is 0 Å². The van der Waals surface area contributed by atoms with Crippen LogP contribution in [0.15, 0.2) is 30.3 Å². The van der Waals surface area contributed by atoms with Gasteiger partial charge >= 0.3 is 0 Å². The van der Waals surface area contributed by atoms with Gasteiger partial charge in [-0.25, -0.2) is 0 Å². The van der Waals surface area contributed by atoms with Crippen molar-refractivity contribution in [2.75, 3.05) is 52.5 Å². The number of hydrogen-bond donors (Lipinski definition) is 0. The van der Waals surface area contributed by atoms with Crippen LogP contribution in [0, 0.1) is 5.92 Å². The Morgan fingerprint density at radius 2 is 2.00 bits per heavy atom. The maximum atomic E-state index is 13.0. The van der Waals surface area contributed by atoms with Crippen LogP contribution < -0.4 is 0 Å². The van der Waals surface area contributed by atoms with E-state index in [0.717, 1.165) is 58.0 Å². The predicted octanol–water partition coefficient (Wildman–Crippen LogP) is 1.55. The van der Waals surface area contributed by atoms with E-state index in [1.54, 1.807) is 0 Å². The summed E-state index contributed by atoms with van der Waals surface area (Å²) >= 11 is 0. The Bertz CT molecular complexity index is 613. The maximum absolute atomic E-state index is 13.0. The molecule has 4 rings (SSSR count). The molecule has 3 saturated heterocycles. The summed E-state index contributed by atoms with van der Waals surface area (Å²) < 4.78 is 5.73. The first kappa shape index (κ1) is 17.0. The van der Waals surface area contributed by atoms with Gasteiger partial charge in [0.05, 0.1) is 24.8 Å². The van der Waals surface area contributed by atoms with E-state index in [9.17, 15) is 4.79 Å². The minimum Gasteiger partial charge on any atom is -0.378 e. The zero-order chi connectivity index (χ0) is 17.4. The first-order valence-corrected chi connectivity index (χ1v) is 9.49. The third kappa shape index (κ3) is 3.21. The number of amides is 1. The fourth-order valence-electron chi connectivity index (χ4n) is 4.83. The number of carbonyl (C=O) groups excluding carboxylic acids is 1. The number of ether oxygens (including phenoxy) is 1. The van der Waals surface area contributed by atoms with Crippen molar-refractivity contribution in [1.82, 2.24) is 14.7 Å². The van der Waals surface area contributed by atoms with Gasteiger partial charge in [-0.15, -0.1) is 0 Å². The monoisotopic (exact) mass is 343 g/mol. The predicted molar refractivity (Wildman–Crippen MR) is 97.7 cm³/mol. The van der Waals surface area contributed by atoms with Gasteiger partial charge in [-0.05, 0) is 18.1 Å². The van der Waals surface area contributed by atoms with Crippen LogP contribution in [-0.2, 0) is 4.74 Å². The lowest BCUT2D eigenvalue weighted by Gasteiger charge is -2.63. The Balaban J connectivity index is 1.53. The largest absolute Gasteiger partial charge is 0.378 e. The van der Waals surface area contributed by atoms with Gasteiger partial charge in [0.1, 0.15) is 0 Å². The Morgan fingerprint density at radius 3 is 2.72 bits per heavy atom. The molecule has 1 amide bonds. The number of carbonyl (C=O) groups is 1. The zero-order valence-electron chi connectivity index (χ0n) is 15.4. The summed E-state index contributed by atoms with van der Waals surface area (Å²) in [5.74, 6) is 0.844. The molecule has 0 aromatic heterocycles. The second kappa shape index (κ2) is 6.71. The molecule has 0 N–H and O–H groups in total. The van der Waals surface area contributed by atoms with Gasteiger partial charge in [0.15, 0.2) is 0 Å². The molecule has 0 unspecified atom stereocenters. The molecule has 1 aromatic rings. The number of benzene rings is 1. The summed E-state index contributed by atoms with van der Waals surface area (Å²) in [6, 6.07) is 10.0. The summed E-state index contributed by atoms with van der Waals surface area (Å²) in [5, 5.41) is 0. The minimum atomic E-state index is 0.117. The molecule has 3 aliphatic rings. The van der Waals surface area contributed by atoms with Gasteiger partial charge in [0.2, 0.25) is 0 Å². The molecule has 1 atom stereocenters. The second-order valence-corrected chi connectivity index (χ2v) is 8.26. The van der Waals surface area contributed by atoms with Crippen molar-refractivity contribution < 1.29 is 9.53 Å². The molecular weight excluding hydrogens is 314 g/mol. The average Bonchev–Trinajstić information content (AvgIpc) is 2.60. The molecule has 0 radical (unpaired) electrons. The summed E-state index contributed by atoms with van der Waals surface area (Å²) in [4.78, 5) is 20.3. The van der Waals surface area contributed by atoms with Gasteiger partial charge in [0, 0.05) is 44.8 Å². The van der Waals surface area contributed by atoms with Crippen molar-refractivity contribution in [1.29, 1.82) is 0 Å². The maximum Gasteiger partial charge on any atom is 0.253 e. The average molecular weight is 343 g/mol. The van der Waals surface area contributed by atoms with E-state index in [4.69, 9.17) is 4.74 Å². The summed E-state index contributed by atoms with van der Waals surface area (Å²) in [6.45, 7) is 12.0. The summed E-state index contributed by atoms with van der Waals surface area (Å²) in [7, 11) is 0. The van der Waals surface area contributed by atoms with Gasteiger partial charge in [-0.3, -0.25) is 14.6 Å². The summed E-state index contributed by atoms with van der Waals surface area (Å²) in [5.41, 5.74) is 0.910. The Hall–Kier alpha value is -1.43. The topological polar surface area (TPSA) is 36.0 Å². The van der Waals surface area contributed by atoms with E-state index in [-0.39, 0.29) is 11.4 Å². The third-order valence-electron chi connectivity index (χ3n) is 5.72. The molecule has 5 heteroatoms. The molecular formula is C20H29N3O2. The van der Waals surface area contributed by atoms with Crippen LogP contribution in [0.1, 0.15) is 24.2 Å². The SMILES string of the molecule is CC(C)CN1CC2(C1)CN(C(=O)c1ccccc1)C[C@@H]1COCCN12. The van der Waals surface area contributed by atoms with Crippen molar-refractivity contribution in [3.8, 4) is 0 Å². The lowest BCUT2D eigenvalue weighted by atomic mass is 9.82. The van der Waals surface area contributed by atoms with Crippen LogP contribution >= 0.6 is 0 Å². The first-order valence-electron chi connectivity index (χ1n) is 9.49. The number of nitrogens with zero attached hydrogens (tertiary/aromatic N) is 3. The van der Waals surface area contributed by atoms with E-state index in [1.165, 1.54) is 0 Å². The van der Waals surface area contributed by atoms with Crippen LogP contribution in [0.2, 0.25) is 0 Å². The highest BCUT2D eigenvalue weighted by Crippen LogP contribution is 2.36. The lowest BCUT2D eigenvalue weighted by molar-refractivity contribution is -0.159. The van der Waals surface area contributed by atoms with Gasteiger partial charge in [-0.2, -0.15) is 0 Å². The molecule has 0 saturated carbocycles. The molecule has 3 fully saturated rings. The smallest absolute Gasteiger partial charge is 0.253 e. The van der Waals surface area contributed by atoms with Crippen LogP contribution in [0.4, 0.5) is 0 Å². The van der Waals surface area contributed by atoms with Crippen molar-refractivity contribution >= 4 is 5.91 Å². The third-order valence-corrected chi connectivity index (χ3v) is 5.72. The second-order valence-electron chi connectivity index (χ2n) is 8.26. The molecule has 0 aliphatic carbocycles. The number of hydrogen-bond acceptors (Lipinski definition) is 4. The van der Waals surface area contributed by atoms with E-state index < -0.39 is 0 Å². The molecule has 1 spiro atoms. The minimum absolute atomic E-state index is 0.117. The van der Waals surface area contributed by atoms with E-state index >= 15 is 0 Å². The fraction of sp³-hybridized carbons (Fsp3) is 0.650. The van der Waals surface area contributed by atoms with Crippen molar-refractivity contribution in [2.45, 2.75) is 25.4 Å². The summed E-state index contributed by atoms with van der Waals surface area (Å²) in [6.07, 6.45) is 0. The number of fused-ring (bicyclic) bond motifs is 2. The van der Waals surface area contributed by atoms with Crippen LogP contribution in [0.3, 0.4) is 0 Å². The molecule has 136 valence electrons. The zero-order valence-corrected chi connectivity index (χ0v) is 15.4. The van der Waals surface area contributed by atoms with E-state index in [1.807, 2.05) is 30.3 Å². The van der Waals surface area contributed by atoms with E-state index in [0.29, 0.717) is 12.0 Å². The first-order chi connectivity index (χ1) is 12.1. The van der Waals surface area contributed by atoms with Gasteiger partial charge in [0.25, 0.3) is 5.91 Å². The normalized spacial score (nSPS) is 26.5. The van der Waals surface area contributed by atoms with Gasteiger partial charge < -0.3 is 9.64 Å². The van der Waals surface area contributed by atoms with Crippen LogP contribution in [-0.4, -0.2) is 84.7 Å². The molecule has 0 bridgehead atoms. The highest BCUT2D eigenvalue weighted by atomic mass is 16.5. The molecule has 5 nitrogen and oxygen atoms in total. The lowest BCUT2D eigenvalue weighted by Crippen LogP contribution is -2.81. The Kier molecular flexibility index (Phi) is 4.56. The van der Waals surface area contributed by atoms with Crippen LogP contribution in [0.25, 0.3) is 0 Å². The van der Waals surface area contributed by atoms with E-state index in [2.05, 4.69) is 28.5 Å². The molecule has 1 aromatic carbocycles. The van der Waals surface area contributed by atoms with Gasteiger partial charge in [-0.1, -0.05) is 32.0 Å². The number of morpholine rings is 1. The number of piperazine rings is 1. The molecule has 3 aliphatic heterocycles. The Morgan fingerprint density at radius 1 is 1.24 bits per heavy atom. The highest BCUT2D eigenvalue weighted by molar-refractivity contribution is 5.94. The Labute approximate surface area is 150 Å². The highest BCUT2D eigenvalue weighted by Gasteiger charge is 2.54. The van der Waals surface area contributed by atoms with Crippen molar-refractivity contribution in [2.24, 2.45) is 5.92 Å². The van der Waals surface area contributed by atoms with Crippen molar-refractivity contribution in [3.05, 3.63) is 35.9 Å². The molecule has 25 heavy (non-hydrogen) atoms. The standard InChI is InChI=1S/C20H29N3O2/c1-16(2)10-21-13-20(14-21)15-22(11-18-12-25-9-8-23(18)20)19(24)17-6-4-3-5-7-17/h3-7,16,18H,8-15H2,1-2H3/t18-/m1/s1. The quantitative estimate of drug-likeness (QED) is 0.834. The number of likely N-dealkylation sites (tertiary alicyclic amines) is 1. The molecule has 3 heterocycles. The number of rotatable bonds is 3. The fourth-order valence-corrected chi connectivity index (χ4v) is 4.83.